The van der Waals surface area contributed by atoms with Crippen LogP contribution < -0.4 is 10.6 Å². The predicted octanol–water partition coefficient (Wildman–Crippen LogP) is 2.14. The molecule has 118 valence electrons. The van der Waals surface area contributed by atoms with Gasteiger partial charge in [-0.25, -0.2) is 9.37 Å². The molecular formula is C16H20FN3O2. The van der Waals surface area contributed by atoms with Crippen molar-refractivity contribution in [2.24, 2.45) is 0 Å². The van der Waals surface area contributed by atoms with Gasteiger partial charge >= 0.3 is 0 Å². The van der Waals surface area contributed by atoms with Crippen molar-refractivity contribution in [2.75, 3.05) is 19.6 Å². The molecule has 2 N–H and O–H groups in total. The number of likely N-dealkylation sites (N-methyl/N-ethyl adjacent to an activating group) is 1. The van der Waals surface area contributed by atoms with Crippen LogP contribution in [0, 0.1) is 5.82 Å². The number of benzene rings is 1. The summed E-state index contributed by atoms with van der Waals surface area (Å²) in [7, 11) is 0. The fraction of sp³-hybridized carbons (Fsp3) is 0.375. The van der Waals surface area contributed by atoms with Crippen molar-refractivity contribution in [3.05, 3.63) is 42.2 Å². The van der Waals surface area contributed by atoms with Gasteiger partial charge in [-0.15, -0.1) is 0 Å². The highest BCUT2D eigenvalue weighted by atomic mass is 19.1. The first-order valence-electron chi connectivity index (χ1n) is 7.37. The zero-order chi connectivity index (χ0) is 15.8. The molecular weight excluding hydrogens is 285 g/mol. The number of hydrogen-bond donors (Lipinski definition) is 2. The van der Waals surface area contributed by atoms with Gasteiger partial charge in [0.2, 0.25) is 5.91 Å². The van der Waals surface area contributed by atoms with Crippen molar-refractivity contribution < 1.29 is 13.6 Å². The van der Waals surface area contributed by atoms with Crippen molar-refractivity contribution in [2.45, 2.75) is 19.8 Å². The molecule has 0 radical (unpaired) electrons. The van der Waals surface area contributed by atoms with Gasteiger partial charge in [-0.05, 0) is 18.7 Å². The molecule has 0 saturated carbocycles. The third-order valence-electron chi connectivity index (χ3n) is 3.13. The number of rotatable bonds is 8. The smallest absolute Gasteiger partial charge is 0.220 e. The lowest BCUT2D eigenvalue weighted by Crippen LogP contribution is -2.31. The molecule has 0 aliphatic heterocycles. The van der Waals surface area contributed by atoms with E-state index < -0.39 is 0 Å². The summed E-state index contributed by atoms with van der Waals surface area (Å²) in [5, 5.41) is 5.93. The Balaban J connectivity index is 1.83. The molecule has 0 spiro atoms. The van der Waals surface area contributed by atoms with E-state index >= 15 is 0 Å². The van der Waals surface area contributed by atoms with Crippen LogP contribution in [0.15, 0.2) is 34.9 Å². The van der Waals surface area contributed by atoms with Gasteiger partial charge in [0.1, 0.15) is 5.82 Å². The molecule has 0 atom stereocenters. The molecule has 0 unspecified atom stereocenters. The summed E-state index contributed by atoms with van der Waals surface area (Å²) < 4.78 is 19.1. The van der Waals surface area contributed by atoms with E-state index in [1.54, 1.807) is 18.2 Å². The van der Waals surface area contributed by atoms with E-state index in [2.05, 4.69) is 15.6 Å². The minimum atomic E-state index is -0.355. The first kappa shape index (κ1) is 16.2. The van der Waals surface area contributed by atoms with E-state index in [4.69, 9.17) is 4.42 Å². The molecule has 2 rings (SSSR count). The van der Waals surface area contributed by atoms with Crippen molar-refractivity contribution >= 4 is 5.91 Å². The Kier molecular flexibility index (Phi) is 6.09. The zero-order valence-electron chi connectivity index (χ0n) is 12.6. The van der Waals surface area contributed by atoms with Gasteiger partial charge < -0.3 is 15.1 Å². The zero-order valence-corrected chi connectivity index (χ0v) is 12.6. The number of aromatic nitrogens is 1. The lowest BCUT2D eigenvalue weighted by atomic mass is 10.2. The van der Waals surface area contributed by atoms with Crippen LogP contribution in [-0.2, 0) is 11.2 Å². The average molecular weight is 305 g/mol. The van der Waals surface area contributed by atoms with Crippen LogP contribution in [0.3, 0.4) is 0 Å². The number of hydrogen-bond acceptors (Lipinski definition) is 4. The lowest BCUT2D eigenvalue weighted by molar-refractivity contribution is -0.121. The third-order valence-corrected chi connectivity index (χ3v) is 3.13. The van der Waals surface area contributed by atoms with Crippen molar-refractivity contribution in [1.29, 1.82) is 0 Å². The molecule has 1 aromatic heterocycles. The first-order valence-corrected chi connectivity index (χ1v) is 7.37. The van der Waals surface area contributed by atoms with E-state index in [1.807, 2.05) is 6.92 Å². The van der Waals surface area contributed by atoms with Gasteiger partial charge in [0.25, 0.3) is 0 Å². The Morgan fingerprint density at radius 3 is 2.91 bits per heavy atom. The highest BCUT2D eigenvalue weighted by Crippen LogP contribution is 2.23. The summed E-state index contributed by atoms with van der Waals surface area (Å²) in [6.45, 7) is 4.24. The van der Waals surface area contributed by atoms with Crippen LogP contribution in [0.4, 0.5) is 4.39 Å². The monoisotopic (exact) mass is 305 g/mol. The number of aryl methyl sites for hydroxylation is 1. The normalized spacial score (nSPS) is 10.6. The number of nitrogens with one attached hydrogen (secondary N) is 2. The van der Waals surface area contributed by atoms with Crippen molar-refractivity contribution in [3.8, 4) is 11.3 Å². The second-order valence-electron chi connectivity index (χ2n) is 4.80. The fourth-order valence-corrected chi connectivity index (χ4v) is 1.99. The minimum Gasteiger partial charge on any atom is -0.441 e. The molecule has 0 saturated heterocycles. The summed E-state index contributed by atoms with van der Waals surface area (Å²) in [5.74, 6) is 0.399. The highest BCUT2D eigenvalue weighted by molar-refractivity contribution is 5.76. The molecule has 5 nitrogen and oxygen atoms in total. The van der Waals surface area contributed by atoms with E-state index in [-0.39, 0.29) is 11.7 Å². The molecule has 0 bridgehead atoms. The molecule has 1 heterocycles. The van der Waals surface area contributed by atoms with E-state index in [0.29, 0.717) is 36.6 Å². The van der Waals surface area contributed by atoms with Crippen molar-refractivity contribution in [3.63, 3.8) is 0 Å². The van der Waals surface area contributed by atoms with E-state index in [9.17, 15) is 9.18 Å². The highest BCUT2D eigenvalue weighted by Gasteiger charge is 2.11. The summed E-state index contributed by atoms with van der Waals surface area (Å²) in [6, 6.07) is 6.36. The molecule has 0 aliphatic rings. The maximum Gasteiger partial charge on any atom is 0.220 e. The van der Waals surface area contributed by atoms with Crippen LogP contribution >= 0.6 is 0 Å². The molecule has 22 heavy (non-hydrogen) atoms. The molecule has 6 heteroatoms. The number of carbonyl (C=O) groups is 1. The molecule has 2 aromatic rings. The fourth-order valence-electron chi connectivity index (χ4n) is 1.99. The number of carbonyl (C=O) groups excluding carboxylic acids is 1. The maximum absolute atomic E-state index is 13.6. The predicted molar refractivity (Wildman–Crippen MR) is 81.8 cm³/mol. The Hall–Kier alpha value is -2.21. The molecule has 1 aromatic carbocycles. The maximum atomic E-state index is 13.6. The van der Waals surface area contributed by atoms with E-state index in [1.165, 1.54) is 12.3 Å². The minimum absolute atomic E-state index is 0.0523. The SMILES string of the molecule is CCNCCNC(=O)CCc1ncc(-c2ccccc2F)o1. The van der Waals surface area contributed by atoms with Gasteiger partial charge in [-0.1, -0.05) is 19.1 Å². The summed E-state index contributed by atoms with van der Waals surface area (Å²) in [6.07, 6.45) is 2.17. The van der Waals surface area contributed by atoms with E-state index in [0.717, 1.165) is 13.1 Å². The standard InChI is InChI=1S/C16H20FN3O2/c1-2-18-9-10-19-15(21)7-8-16-20-11-14(22-16)12-5-3-4-6-13(12)17/h3-6,11,18H,2,7-10H2,1H3,(H,19,21). The largest absolute Gasteiger partial charge is 0.441 e. The van der Waals surface area contributed by atoms with Gasteiger partial charge in [0.15, 0.2) is 11.7 Å². The number of amides is 1. The Morgan fingerprint density at radius 2 is 2.14 bits per heavy atom. The van der Waals surface area contributed by atoms with Gasteiger partial charge in [0, 0.05) is 25.9 Å². The number of nitrogens with zero attached hydrogens (tertiary/aromatic N) is 1. The first-order chi connectivity index (χ1) is 10.7. The lowest BCUT2D eigenvalue weighted by Gasteiger charge is -2.04. The Labute approximate surface area is 128 Å². The van der Waals surface area contributed by atoms with Gasteiger partial charge in [0.05, 0.1) is 11.8 Å². The van der Waals surface area contributed by atoms with Crippen LogP contribution in [-0.4, -0.2) is 30.5 Å². The van der Waals surface area contributed by atoms with Crippen molar-refractivity contribution in [1.82, 2.24) is 15.6 Å². The van der Waals surface area contributed by atoms with Crippen LogP contribution in [0.25, 0.3) is 11.3 Å². The van der Waals surface area contributed by atoms with Crippen LogP contribution in [0.5, 0.6) is 0 Å². The van der Waals surface area contributed by atoms with Crippen LogP contribution in [0.1, 0.15) is 19.2 Å². The summed E-state index contributed by atoms with van der Waals surface area (Å²) in [5.41, 5.74) is 0.372. The molecule has 0 fully saturated rings. The molecule has 0 aliphatic carbocycles. The average Bonchev–Trinajstić information content (AvgIpc) is 2.99. The second kappa shape index (κ2) is 8.29. The molecule has 1 amide bonds. The topological polar surface area (TPSA) is 67.2 Å². The summed E-state index contributed by atoms with van der Waals surface area (Å²) >= 11 is 0. The quantitative estimate of drug-likeness (QED) is 0.733. The summed E-state index contributed by atoms with van der Waals surface area (Å²) in [4.78, 5) is 15.7. The van der Waals surface area contributed by atoms with Gasteiger partial charge in [-0.3, -0.25) is 4.79 Å². The third kappa shape index (κ3) is 4.66. The van der Waals surface area contributed by atoms with Crippen LogP contribution in [0.2, 0.25) is 0 Å². The Morgan fingerprint density at radius 1 is 1.32 bits per heavy atom. The number of oxazole rings is 1. The van der Waals surface area contributed by atoms with Gasteiger partial charge in [-0.2, -0.15) is 0 Å². The second-order valence-corrected chi connectivity index (χ2v) is 4.80. The number of halogens is 1. The Bertz CT molecular complexity index is 613.